The van der Waals surface area contributed by atoms with Gasteiger partial charge in [-0.1, -0.05) is 106 Å². The van der Waals surface area contributed by atoms with Crippen molar-refractivity contribution in [3.05, 3.63) is 121 Å². The molecule has 0 fully saturated rings. The lowest BCUT2D eigenvalue weighted by atomic mass is 10.0. The molecule has 0 aromatic heterocycles. The number of aryl methyl sites for hydroxylation is 1. The number of anilines is 2. The van der Waals surface area contributed by atoms with Gasteiger partial charge in [-0.15, -0.1) is 19.4 Å². The molecule has 0 N–H and O–H groups in total. The molecular weight excluding hydrogens is 472 g/mol. The molecule has 0 heterocycles. The Bertz CT molecular complexity index is 1160. The van der Waals surface area contributed by atoms with Crippen LogP contribution in [0.25, 0.3) is 10.8 Å². The summed E-state index contributed by atoms with van der Waals surface area (Å²) in [5, 5.41) is 2.59. The Labute approximate surface area is 240 Å². The number of hydrogen-bond donors (Lipinski definition) is 0. The van der Waals surface area contributed by atoms with Crippen molar-refractivity contribution >= 4 is 22.1 Å². The number of benzene rings is 3. The Balaban J connectivity index is 0.000000704. The molecule has 0 aliphatic heterocycles. The summed E-state index contributed by atoms with van der Waals surface area (Å²) in [6.45, 7) is 18.2. The van der Waals surface area contributed by atoms with Crippen LogP contribution in [-0.2, 0) is 0 Å². The van der Waals surface area contributed by atoms with Crippen LogP contribution >= 0.6 is 0 Å². The Kier molecular flexibility index (Phi) is 19.8. The van der Waals surface area contributed by atoms with Crippen LogP contribution in [0.5, 0.6) is 0 Å². The first-order chi connectivity index (χ1) is 19.1. The average Bonchev–Trinajstić information content (AvgIpc) is 2.99. The lowest BCUT2D eigenvalue weighted by Gasteiger charge is -2.25. The van der Waals surface area contributed by atoms with Crippen molar-refractivity contribution in [2.75, 3.05) is 25.0 Å². The number of para-hydroxylation sites is 1. The molecule has 3 rings (SSSR count). The van der Waals surface area contributed by atoms with E-state index in [9.17, 15) is 0 Å². The van der Waals surface area contributed by atoms with E-state index in [0.717, 1.165) is 25.9 Å². The van der Waals surface area contributed by atoms with E-state index in [1.54, 1.807) is 0 Å². The maximum absolute atomic E-state index is 4.00. The van der Waals surface area contributed by atoms with E-state index in [1.807, 2.05) is 26.0 Å². The predicted octanol–water partition coefficient (Wildman–Crippen LogP) is 10.5. The number of rotatable bonds is 10. The van der Waals surface area contributed by atoms with E-state index in [0.29, 0.717) is 0 Å². The lowest BCUT2D eigenvalue weighted by molar-refractivity contribution is 0.448. The van der Waals surface area contributed by atoms with Crippen LogP contribution in [0.15, 0.2) is 115 Å². The third-order valence-electron chi connectivity index (χ3n) is 6.00. The fourth-order valence-electron chi connectivity index (χ4n) is 4.17. The van der Waals surface area contributed by atoms with Crippen molar-refractivity contribution in [1.29, 1.82) is 0 Å². The molecule has 0 bridgehead atoms. The van der Waals surface area contributed by atoms with Crippen LogP contribution < -0.4 is 4.90 Å². The number of nitrogens with zero attached hydrogens (tertiary/aromatic N) is 2. The molecule has 0 unspecified atom stereocenters. The van der Waals surface area contributed by atoms with Gasteiger partial charge in [0.2, 0.25) is 0 Å². The molecule has 0 atom stereocenters. The maximum Gasteiger partial charge on any atom is 0.0496 e. The quantitative estimate of drug-likeness (QED) is 0.193. The first-order valence-electron chi connectivity index (χ1n) is 13.9. The maximum atomic E-state index is 4.00. The summed E-state index contributed by atoms with van der Waals surface area (Å²) < 4.78 is 0. The minimum atomic E-state index is 0.789. The standard InChI is InChI=1S/C20H19N.C13H23N.C2H6.C2H2/c1-3-15-21(18-12-5-4-6-13-18)19-14-8-11-17-10-7-9-16(2)20(17)19;1-5-8-9-10-11-12-14(4)13(6-2)7-3;2*1-2/h3-14H,1,15H2,2H3;5-6,8,10-11H,7,9,12H2,1-4H3;1-2H3;1-2H/b;8-5-,11-10-,13-6+;;. The molecule has 2 heteroatoms. The largest absolute Gasteiger partial charge is 0.374 e. The summed E-state index contributed by atoms with van der Waals surface area (Å²) in [4.78, 5) is 4.59. The highest BCUT2D eigenvalue weighted by Gasteiger charge is 2.12. The van der Waals surface area contributed by atoms with E-state index < -0.39 is 0 Å². The number of fused-ring (bicyclic) bond motifs is 1. The lowest BCUT2D eigenvalue weighted by Crippen LogP contribution is -2.17. The van der Waals surface area contributed by atoms with Crippen LogP contribution in [0.1, 0.15) is 53.0 Å². The Morgan fingerprint density at radius 3 is 2.05 bits per heavy atom. The fraction of sp³-hybridized carbons (Fsp3) is 0.297. The molecule has 2 nitrogen and oxygen atoms in total. The van der Waals surface area contributed by atoms with E-state index in [1.165, 1.54) is 33.4 Å². The average molecular weight is 523 g/mol. The summed E-state index contributed by atoms with van der Waals surface area (Å²) in [5.74, 6) is 0. The van der Waals surface area contributed by atoms with Crippen molar-refractivity contribution in [3.8, 4) is 12.8 Å². The molecule has 0 saturated heterocycles. The molecular formula is C37H50N2. The highest BCUT2D eigenvalue weighted by molar-refractivity contribution is 5.98. The molecule has 0 aliphatic carbocycles. The van der Waals surface area contributed by atoms with Gasteiger partial charge in [-0.2, -0.15) is 0 Å². The van der Waals surface area contributed by atoms with Crippen LogP contribution in [0, 0.1) is 19.8 Å². The molecule has 0 saturated carbocycles. The van der Waals surface area contributed by atoms with Crippen LogP contribution in [-0.4, -0.2) is 25.0 Å². The third kappa shape index (κ3) is 12.0. The summed E-state index contributed by atoms with van der Waals surface area (Å²) in [6, 6.07) is 23.4. The number of allylic oxidation sites excluding steroid dienone is 5. The van der Waals surface area contributed by atoms with Crippen molar-refractivity contribution < 1.29 is 0 Å². The normalized spacial score (nSPS) is 10.5. The van der Waals surface area contributed by atoms with Gasteiger partial charge in [-0.3, -0.25) is 0 Å². The highest BCUT2D eigenvalue weighted by Crippen LogP contribution is 2.34. The van der Waals surface area contributed by atoms with Crippen molar-refractivity contribution in [2.24, 2.45) is 0 Å². The monoisotopic (exact) mass is 522 g/mol. The van der Waals surface area contributed by atoms with Gasteiger partial charge in [0.25, 0.3) is 0 Å². The molecule has 3 aromatic carbocycles. The SMILES string of the molecule is C#C.C/C=C\C/C=C\CN(C)/C(=C/C)CC.C=CCN(c1ccccc1)c1cccc2cccc(C)c12.CC. The van der Waals surface area contributed by atoms with Gasteiger partial charge < -0.3 is 9.80 Å². The van der Waals surface area contributed by atoms with Crippen molar-refractivity contribution in [2.45, 2.75) is 54.4 Å². The minimum Gasteiger partial charge on any atom is -0.374 e. The number of terminal acetylenes is 1. The Morgan fingerprint density at radius 1 is 0.846 bits per heavy atom. The van der Waals surface area contributed by atoms with Gasteiger partial charge in [-0.05, 0) is 62.8 Å². The first-order valence-corrected chi connectivity index (χ1v) is 13.9. The summed E-state index contributed by atoms with van der Waals surface area (Å²) >= 11 is 0. The van der Waals surface area contributed by atoms with Crippen LogP contribution in [0.4, 0.5) is 11.4 Å². The van der Waals surface area contributed by atoms with Gasteiger partial charge in [0.1, 0.15) is 0 Å². The van der Waals surface area contributed by atoms with Crippen molar-refractivity contribution in [3.63, 3.8) is 0 Å². The van der Waals surface area contributed by atoms with Gasteiger partial charge in [0.05, 0.1) is 0 Å². The van der Waals surface area contributed by atoms with Crippen LogP contribution in [0.2, 0.25) is 0 Å². The summed E-state index contributed by atoms with van der Waals surface area (Å²) in [6.07, 6.45) is 22.9. The smallest absolute Gasteiger partial charge is 0.0496 e. The van der Waals surface area contributed by atoms with E-state index >= 15 is 0 Å². The van der Waals surface area contributed by atoms with Gasteiger partial charge in [0, 0.05) is 42.6 Å². The summed E-state index contributed by atoms with van der Waals surface area (Å²) in [7, 11) is 2.14. The van der Waals surface area contributed by atoms with Crippen LogP contribution in [0.3, 0.4) is 0 Å². The molecule has 0 aliphatic rings. The number of likely N-dealkylation sites (N-methyl/N-ethyl adjacent to an activating group) is 1. The Hall–Kier alpha value is -3.96. The third-order valence-corrected chi connectivity index (χ3v) is 6.00. The minimum absolute atomic E-state index is 0.789. The summed E-state index contributed by atoms with van der Waals surface area (Å²) in [5.41, 5.74) is 5.12. The van der Waals surface area contributed by atoms with E-state index in [4.69, 9.17) is 0 Å². The van der Waals surface area contributed by atoms with E-state index in [-0.39, 0.29) is 0 Å². The molecule has 0 amide bonds. The second-order valence-corrected chi connectivity index (χ2v) is 8.48. The zero-order chi connectivity index (χ0) is 29.5. The topological polar surface area (TPSA) is 6.48 Å². The number of hydrogen-bond acceptors (Lipinski definition) is 2. The predicted molar refractivity (Wildman–Crippen MR) is 179 cm³/mol. The molecule has 208 valence electrons. The second kappa shape index (κ2) is 22.1. The first kappa shape index (κ1) is 35.0. The molecule has 39 heavy (non-hydrogen) atoms. The van der Waals surface area contributed by atoms with Gasteiger partial charge in [-0.25, -0.2) is 0 Å². The Morgan fingerprint density at radius 2 is 1.49 bits per heavy atom. The van der Waals surface area contributed by atoms with E-state index in [2.05, 4.69) is 155 Å². The molecule has 3 aromatic rings. The molecule has 0 spiro atoms. The zero-order valence-electron chi connectivity index (χ0n) is 25.4. The second-order valence-electron chi connectivity index (χ2n) is 8.48. The molecule has 0 radical (unpaired) electrons. The zero-order valence-corrected chi connectivity index (χ0v) is 25.4. The highest BCUT2D eigenvalue weighted by atomic mass is 15.1. The van der Waals surface area contributed by atoms with Gasteiger partial charge in [0.15, 0.2) is 0 Å². The fourth-order valence-corrected chi connectivity index (χ4v) is 4.17. The van der Waals surface area contributed by atoms with Gasteiger partial charge >= 0.3 is 0 Å². The van der Waals surface area contributed by atoms with Crippen molar-refractivity contribution in [1.82, 2.24) is 4.90 Å².